The molecule has 1 nitrogen and oxygen atoms in total. The summed E-state index contributed by atoms with van der Waals surface area (Å²) in [6.45, 7) is 3.64. The van der Waals surface area contributed by atoms with E-state index >= 15 is 0 Å². The molecule has 0 unspecified atom stereocenters. The Morgan fingerprint density at radius 2 is 0.800 bits per heavy atom. The third kappa shape index (κ3) is 21.0. The summed E-state index contributed by atoms with van der Waals surface area (Å²) >= 11 is 0. The number of hydrogen-bond acceptors (Lipinski definition) is 0. The number of halogens is 1. The highest BCUT2D eigenvalue weighted by molar-refractivity contribution is 4.49. The molecule has 20 heavy (non-hydrogen) atoms. The molecule has 0 aliphatic heterocycles. The van der Waals surface area contributed by atoms with Crippen LogP contribution in [0.4, 0.5) is 0 Å². The van der Waals surface area contributed by atoms with Crippen LogP contribution in [0.3, 0.4) is 0 Å². The van der Waals surface area contributed by atoms with Gasteiger partial charge in [0.25, 0.3) is 0 Å². The quantitative estimate of drug-likeness (QED) is 0.316. The van der Waals surface area contributed by atoms with E-state index in [0.29, 0.717) is 0 Å². The van der Waals surface area contributed by atoms with Crippen LogP contribution in [-0.2, 0) is 0 Å². The van der Waals surface area contributed by atoms with E-state index in [4.69, 9.17) is 0 Å². The first-order valence-corrected chi connectivity index (χ1v) is 9.06. The minimum atomic E-state index is 0. The van der Waals surface area contributed by atoms with E-state index in [2.05, 4.69) is 21.0 Å². The second-order valence-corrected chi connectivity index (χ2v) is 6.55. The summed E-state index contributed by atoms with van der Waals surface area (Å²) in [7, 11) is 4.50. The third-order valence-corrected chi connectivity index (χ3v) is 4.03. The number of rotatable bonds is 15. The van der Waals surface area contributed by atoms with E-state index < -0.39 is 0 Å². The zero-order valence-electron chi connectivity index (χ0n) is 14.5. The van der Waals surface area contributed by atoms with Crippen LogP contribution in [0.25, 0.3) is 0 Å². The van der Waals surface area contributed by atoms with Crippen LogP contribution >= 0.6 is 0 Å². The molecule has 0 saturated heterocycles. The molecular formula is C18H40IN. The van der Waals surface area contributed by atoms with Crippen LogP contribution in [-0.4, -0.2) is 20.6 Å². The van der Waals surface area contributed by atoms with Crippen molar-refractivity contribution in [3.05, 3.63) is 0 Å². The van der Waals surface area contributed by atoms with E-state index in [0.717, 1.165) is 0 Å². The first-order valence-electron chi connectivity index (χ1n) is 9.06. The largest absolute Gasteiger partial charge is 1.00 e. The molecule has 0 atom stereocenters. The number of nitrogens with one attached hydrogen (secondary N) is 1. The van der Waals surface area contributed by atoms with Gasteiger partial charge in [0.05, 0.1) is 20.6 Å². The second-order valence-electron chi connectivity index (χ2n) is 6.55. The molecule has 0 fully saturated rings. The Balaban J connectivity index is 0. The first-order chi connectivity index (χ1) is 9.27. The van der Waals surface area contributed by atoms with E-state index in [9.17, 15) is 0 Å². The van der Waals surface area contributed by atoms with Gasteiger partial charge in [-0.1, -0.05) is 84.0 Å². The summed E-state index contributed by atoms with van der Waals surface area (Å²) in [5.41, 5.74) is 0. The fourth-order valence-electron chi connectivity index (χ4n) is 2.67. The average molecular weight is 397 g/mol. The van der Waals surface area contributed by atoms with Gasteiger partial charge in [0.2, 0.25) is 0 Å². The maximum Gasteiger partial charge on any atom is 0.0766 e. The summed E-state index contributed by atoms with van der Waals surface area (Å²) in [6.07, 6.45) is 20.4. The lowest BCUT2D eigenvalue weighted by Gasteiger charge is -2.06. The Morgan fingerprint density at radius 1 is 0.500 bits per heavy atom. The van der Waals surface area contributed by atoms with Gasteiger partial charge in [0, 0.05) is 0 Å². The van der Waals surface area contributed by atoms with Crippen LogP contribution in [0.1, 0.15) is 96.8 Å². The van der Waals surface area contributed by atoms with Crippen molar-refractivity contribution in [2.24, 2.45) is 0 Å². The summed E-state index contributed by atoms with van der Waals surface area (Å²) in [4.78, 5) is 1.60. The molecule has 0 rings (SSSR count). The van der Waals surface area contributed by atoms with Crippen molar-refractivity contribution in [2.45, 2.75) is 96.8 Å². The van der Waals surface area contributed by atoms with E-state index in [1.54, 1.807) is 4.90 Å². The SMILES string of the molecule is CCCCCCCCCCCCCCCC[NH+](C)C.[I-]. The number of quaternary nitrogens is 1. The maximum absolute atomic E-state index is 2.29. The monoisotopic (exact) mass is 397 g/mol. The Labute approximate surface area is 146 Å². The fraction of sp³-hybridized carbons (Fsp3) is 1.00. The molecule has 0 aromatic carbocycles. The molecule has 0 spiro atoms. The fourth-order valence-corrected chi connectivity index (χ4v) is 2.67. The lowest BCUT2D eigenvalue weighted by Crippen LogP contribution is -3.05. The molecule has 124 valence electrons. The summed E-state index contributed by atoms with van der Waals surface area (Å²) < 4.78 is 0. The van der Waals surface area contributed by atoms with Gasteiger partial charge in [0.1, 0.15) is 0 Å². The standard InChI is InChI=1S/C18H39N.HI/c1-4-5-6-7-8-9-10-11-12-13-14-15-16-17-18-19(2)3;/h4-18H2,1-3H3;1H. The lowest BCUT2D eigenvalue weighted by atomic mass is 10.0. The molecule has 0 heterocycles. The van der Waals surface area contributed by atoms with Crippen molar-refractivity contribution in [3.8, 4) is 0 Å². The van der Waals surface area contributed by atoms with Crippen molar-refractivity contribution in [1.29, 1.82) is 0 Å². The smallest absolute Gasteiger partial charge is 0.0766 e. The maximum atomic E-state index is 2.29. The van der Waals surface area contributed by atoms with Gasteiger partial charge in [-0.2, -0.15) is 0 Å². The van der Waals surface area contributed by atoms with E-state index in [-0.39, 0.29) is 24.0 Å². The lowest BCUT2D eigenvalue weighted by molar-refractivity contribution is -0.858. The van der Waals surface area contributed by atoms with Crippen molar-refractivity contribution in [1.82, 2.24) is 0 Å². The van der Waals surface area contributed by atoms with Crippen LogP contribution in [0, 0.1) is 0 Å². The van der Waals surface area contributed by atoms with Crippen molar-refractivity contribution >= 4 is 0 Å². The highest BCUT2D eigenvalue weighted by Crippen LogP contribution is 2.12. The van der Waals surface area contributed by atoms with Crippen LogP contribution in [0.2, 0.25) is 0 Å². The first kappa shape index (κ1) is 23.0. The van der Waals surface area contributed by atoms with Crippen molar-refractivity contribution in [3.63, 3.8) is 0 Å². The summed E-state index contributed by atoms with van der Waals surface area (Å²) in [5.74, 6) is 0. The van der Waals surface area contributed by atoms with Gasteiger partial charge in [-0.05, 0) is 12.8 Å². The van der Waals surface area contributed by atoms with Crippen LogP contribution in [0.5, 0.6) is 0 Å². The molecule has 0 radical (unpaired) electrons. The van der Waals surface area contributed by atoms with Gasteiger partial charge < -0.3 is 28.9 Å². The van der Waals surface area contributed by atoms with Gasteiger partial charge in [0.15, 0.2) is 0 Å². The Morgan fingerprint density at radius 3 is 1.10 bits per heavy atom. The zero-order chi connectivity index (χ0) is 14.2. The summed E-state index contributed by atoms with van der Waals surface area (Å²) in [5, 5.41) is 0. The molecule has 0 aromatic heterocycles. The van der Waals surface area contributed by atoms with E-state index in [1.165, 1.54) is 96.4 Å². The summed E-state index contributed by atoms with van der Waals surface area (Å²) in [6, 6.07) is 0. The molecule has 0 saturated carbocycles. The molecule has 0 amide bonds. The second kappa shape index (κ2) is 19.7. The third-order valence-electron chi connectivity index (χ3n) is 4.03. The van der Waals surface area contributed by atoms with Gasteiger partial charge in [-0.3, -0.25) is 0 Å². The highest BCUT2D eigenvalue weighted by atomic mass is 127. The molecular weight excluding hydrogens is 357 g/mol. The normalized spacial score (nSPS) is 10.8. The molecule has 1 N–H and O–H groups in total. The predicted molar refractivity (Wildman–Crippen MR) is 88.0 cm³/mol. The molecule has 0 bridgehead atoms. The van der Waals surface area contributed by atoms with E-state index in [1.807, 2.05) is 0 Å². The number of hydrogen-bond donors (Lipinski definition) is 1. The molecule has 0 aliphatic rings. The molecule has 0 aromatic rings. The van der Waals surface area contributed by atoms with Crippen molar-refractivity contribution < 1.29 is 28.9 Å². The minimum absolute atomic E-state index is 0. The van der Waals surface area contributed by atoms with Crippen molar-refractivity contribution in [2.75, 3.05) is 20.6 Å². The van der Waals surface area contributed by atoms with Gasteiger partial charge in [-0.25, -0.2) is 0 Å². The zero-order valence-corrected chi connectivity index (χ0v) is 16.6. The minimum Gasteiger partial charge on any atom is -1.00 e. The van der Waals surface area contributed by atoms with Crippen LogP contribution < -0.4 is 28.9 Å². The Kier molecular flexibility index (Phi) is 22.6. The Hall–Kier alpha value is 0.690. The predicted octanol–water partition coefficient (Wildman–Crippen LogP) is 1.62. The average Bonchev–Trinajstić information content (AvgIpc) is 2.39. The Bertz CT molecular complexity index is 159. The molecule has 2 heteroatoms. The van der Waals surface area contributed by atoms with Gasteiger partial charge >= 0.3 is 0 Å². The topological polar surface area (TPSA) is 4.44 Å². The molecule has 0 aliphatic carbocycles. The van der Waals surface area contributed by atoms with Gasteiger partial charge in [-0.15, -0.1) is 0 Å². The number of unbranched alkanes of at least 4 members (excludes halogenated alkanes) is 13. The highest BCUT2D eigenvalue weighted by Gasteiger charge is 1.95. The van der Waals surface area contributed by atoms with Crippen LogP contribution in [0.15, 0.2) is 0 Å².